The number of aromatic nitrogens is 1. The van der Waals surface area contributed by atoms with Crippen LogP contribution in [0.4, 0.5) is 0 Å². The first kappa shape index (κ1) is 17.2. The van der Waals surface area contributed by atoms with Crippen molar-refractivity contribution in [2.75, 3.05) is 0 Å². The number of fused-ring (bicyclic) bond motifs is 2. The molecule has 0 N–H and O–H groups in total. The molecule has 26 heavy (non-hydrogen) atoms. The van der Waals surface area contributed by atoms with Gasteiger partial charge in [0.05, 0.1) is 26.4 Å². The van der Waals surface area contributed by atoms with Crippen molar-refractivity contribution in [3.63, 3.8) is 0 Å². The molecule has 2 nitrogen and oxygen atoms in total. The van der Waals surface area contributed by atoms with Crippen molar-refractivity contribution in [2.45, 2.75) is 0 Å². The number of benzene rings is 3. The number of para-hydroxylation sites is 3. The topological polar surface area (TPSA) is 13.1 Å². The van der Waals surface area contributed by atoms with Crippen LogP contribution < -0.4 is 9.30 Å². The second-order valence-electron chi connectivity index (χ2n) is 5.91. The van der Waals surface area contributed by atoms with Gasteiger partial charge in [0.2, 0.25) is 11.0 Å². The maximum atomic E-state index is 6.25. The lowest BCUT2D eigenvalue weighted by molar-refractivity contribution is -0.617. The molecule has 0 aliphatic carbocycles. The van der Waals surface area contributed by atoms with Gasteiger partial charge in [-0.1, -0.05) is 53.5 Å². The van der Waals surface area contributed by atoms with Crippen molar-refractivity contribution in [3.05, 3.63) is 82.3 Å². The molecule has 128 valence electrons. The third-order valence-electron chi connectivity index (χ3n) is 4.39. The predicted molar refractivity (Wildman–Crippen MR) is 111 cm³/mol. The van der Waals surface area contributed by atoms with Crippen molar-refractivity contribution in [1.82, 2.24) is 0 Å². The zero-order chi connectivity index (χ0) is 18.3. The maximum absolute atomic E-state index is 6.25. The molecule has 0 amide bonds. The molecule has 0 aliphatic heterocycles. The highest BCUT2D eigenvalue weighted by molar-refractivity contribution is 7.80. The van der Waals surface area contributed by atoms with Gasteiger partial charge in [-0.2, -0.15) is 4.57 Å². The Hall–Kier alpha value is -2.20. The number of ether oxygens (including phenoxy) is 1. The molecule has 4 aromatic rings. The number of hydrogen-bond acceptors (Lipinski definition) is 2. The lowest BCUT2D eigenvalue weighted by atomic mass is 10.0. The number of aryl methyl sites for hydroxylation is 1. The van der Waals surface area contributed by atoms with Gasteiger partial charge in [-0.25, -0.2) is 0 Å². The molecule has 0 fully saturated rings. The summed E-state index contributed by atoms with van der Waals surface area (Å²) in [6.07, 6.45) is 0. The minimum absolute atomic E-state index is 0.341. The van der Waals surface area contributed by atoms with E-state index < -0.39 is 0 Å². The van der Waals surface area contributed by atoms with Crippen LogP contribution in [-0.2, 0) is 7.05 Å². The minimum atomic E-state index is 0.341. The smallest absolute Gasteiger partial charge is 0.213 e. The Kier molecular flexibility index (Phi) is 4.53. The molecule has 1 heterocycles. The van der Waals surface area contributed by atoms with Crippen molar-refractivity contribution in [2.24, 2.45) is 7.05 Å². The van der Waals surface area contributed by atoms with Crippen molar-refractivity contribution in [1.29, 1.82) is 0 Å². The van der Waals surface area contributed by atoms with Gasteiger partial charge < -0.3 is 4.74 Å². The van der Waals surface area contributed by atoms with E-state index in [1.807, 2.05) is 43.4 Å². The lowest BCUT2D eigenvalue weighted by Gasteiger charge is -2.13. The van der Waals surface area contributed by atoms with E-state index in [1.165, 1.54) is 0 Å². The second kappa shape index (κ2) is 6.84. The van der Waals surface area contributed by atoms with E-state index in [0.29, 0.717) is 20.8 Å². The molecule has 0 aliphatic rings. The molecule has 0 unspecified atom stereocenters. The summed E-state index contributed by atoms with van der Waals surface area (Å²) >= 11 is 18.2. The third kappa shape index (κ3) is 2.82. The second-order valence-corrected chi connectivity index (χ2v) is 7.09. The zero-order valence-electron chi connectivity index (χ0n) is 13.9. The SMILES string of the molecule is C[n+]1c2ccccc2c(C(=S)Oc2c(Cl)cccc2Cl)c2ccccc21. The van der Waals surface area contributed by atoms with Crippen LogP contribution in [0.2, 0.25) is 10.0 Å². The van der Waals surface area contributed by atoms with Crippen LogP contribution in [0.25, 0.3) is 21.8 Å². The highest BCUT2D eigenvalue weighted by Crippen LogP contribution is 2.34. The van der Waals surface area contributed by atoms with E-state index in [2.05, 4.69) is 16.7 Å². The van der Waals surface area contributed by atoms with Crippen LogP contribution in [0.15, 0.2) is 66.7 Å². The average Bonchev–Trinajstić information content (AvgIpc) is 2.65. The van der Waals surface area contributed by atoms with Crippen molar-refractivity contribution >= 4 is 62.3 Å². The van der Waals surface area contributed by atoms with Gasteiger partial charge in [0, 0.05) is 12.1 Å². The van der Waals surface area contributed by atoms with Crippen LogP contribution in [0, 0.1) is 0 Å². The monoisotopic (exact) mass is 398 g/mol. The van der Waals surface area contributed by atoms with Gasteiger partial charge >= 0.3 is 0 Å². The number of thiocarbonyl (C=S) groups is 1. The summed E-state index contributed by atoms with van der Waals surface area (Å²) in [5.74, 6) is 0.377. The Morgan fingerprint density at radius 2 is 1.31 bits per heavy atom. The lowest BCUT2D eigenvalue weighted by Crippen LogP contribution is -2.31. The Labute approximate surface area is 166 Å². The first-order valence-corrected chi connectivity index (χ1v) is 9.20. The standard InChI is InChI=1S/C21H14Cl2NOS/c1-24-17-11-4-2-7-13(17)19(14-8-3-5-12-18(14)24)21(26)25-20-15(22)9-6-10-16(20)23/h2-12H,1H3/q+1. The molecule has 0 saturated heterocycles. The van der Waals surface area contributed by atoms with Gasteiger partial charge in [-0.15, -0.1) is 0 Å². The molecule has 5 heteroatoms. The van der Waals surface area contributed by atoms with Gasteiger partial charge in [-0.3, -0.25) is 0 Å². The largest absolute Gasteiger partial charge is 0.442 e. The van der Waals surface area contributed by atoms with Gasteiger partial charge in [0.25, 0.3) is 0 Å². The zero-order valence-corrected chi connectivity index (χ0v) is 16.2. The number of nitrogens with zero attached hydrogens (tertiary/aromatic N) is 1. The summed E-state index contributed by atoms with van der Waals surface area (Å²) in [6.45, 7) is 0. The van der Waals surface area contributed by atoms with Crippen LogP contribution in [0.5, 0.6) is 5.75 Å². The summed E-state index contributed by atoms with van der Waals surface area (Å²) in [4.78, 5) is 0. The van der Waals surface area contributed by atoms with Crippen molar-refractivity contribution < 1.29 is 9.30 Å². The van der Waals surface area contributed by atoms with Crippen LogP contribution in [-0.4, -0.2) is 5.05 Å². The van der Waals surface area contributed by atoms with E-state index in [1.54, 1.807) is 18.2 Å². The molecule has 0 radical (unpaired) electrons. The molecule has 0 spiro atoms. The molecule has 0 bridgehead atoms. The number of halogens is 2. The van der Waals surface area contributed by atoms with E-state index in [0.717, 1.165) is 27.4 Å². The molecular formula is C21H14Cl2NOS+. The van der Waals surface area contributed by atoms with Gasteiger partial charge in [0.1, 0.15) is 7.05 Å². The molecule has 0 saturated carbocycles. The quantitative estimate of drug-likeness (QED) is 0.237. The predicted octanol–water partition coefficient (Wildman–Crippen LogP) is 5.88. The van der Waals surface area contributed by atoms with E-state index in [-0.39, 0.29) is 0 Å². The number of rotatable bonds is 2. The summed E-state index contributed by atoms with van der Waals surface area (Å²) in [5.41, 5.74) is 3.00. The first-order valence-electron chi connectivity index (χ1n) is 8.03. The van der Waals surface area contributed by atoms with Crippen LogP contribution in [0.3, 0.4) is 0 Å². The number of hydrogen-bond donors (Lipinski definition) is 0. The molecule has 0 atom stereocenters. The molecule has 3 aromatic carbocycles. The molecule has 1 aromatic heterocycles. The van der Waals surface area contributed by atoms with E-state index in [4.69, 9.17) is 40.2 Å². The van der Waals surface area contributed by atoms with E-state index in [9.17, 15) is 0 Å². The Morgan fingerprint density at radius 1 is 0.808 bits per heavy atom. The molecular weight excluding hydrogens is 385 g/mol. The Morgan fingerprint density at radius 3 is 1.85 bits per heavy atom. The summed E-state index contributed by atoms with van der Waals surface area (Å²) < 4.78 is 8.13. The van der Waals surface area contributed by atoms with Gasteiger partial charge in [-0.05, 0) is 36.5 Å². The fraction of sp³-hybridized carbons (Fsp3) is 0.0476. The Balaban J connectivity index is 1.98. The molecule has 4 rings (SSSR count). The third-order valence-corrected chi connectivity index (χ3v) is 5.27. The normalized spacial score (nSPS) is 11.0. The van der Waals surface area contributed by atoms with Crippen LogP contribution in [0.1, 0.15) is 5.56 Å². The average molecular weight is 399 g/mol. The highest BCUT2D eigenvalue weighted by Gasteiger charge is 2.22. The van der Waals surface area contributed by atoms with Gasteiger partial charge in [0.15, 0.2) is 10.8 Å². The van der Waals surface area contributed by atoms with Crippen LogP contribution >= 0.6 is 35.4 Å². The number of pyridine rings is 1. The Bertz CT molecular complexity index is 1100. The van der Waals surface area contributed by atoms with Crippen molar-refractivity contribution in [3.8, 4) is 5.75 Å². The van der Waals surface area contributed by atoms with E-state index >= 15 is 0 Å². The fourth-order valence-corrected chi connectivity index (χ4v) is 3.95. The maximum Gasteiger partial charge on any atom is 0.213 e. The summed E-state index contributed by atoms with van der Waals surface area (Å²) in [7, 11) is 2.04. The summed E-state index contributed by atoms with van der Waals surface area (Å²) in [6, 6.07) is 21.4. The highest BCUT2D eigenvalue weighted by atomic mass is 35.5. The summed E-state index contributed by atoms with van der Waals surface area (Å²) in [5, 5.41) is 3.22. The minimum Gasteiger partial charge on any atom is -0.442 e. The first-order chi connectivity index (χ1) is 12.6. The fourth-order valence-electron chi connectivity index (χ4n) is 3.17.